The molecule has 2 unspecified atom stereocenters. The number of hydrogen-bond donors (Lipinski definition) is 3. The molecule has 0 amide bonds. The summed E-state index contributed by atoms with van der Waals surface area (Å²) in [5, 5.41) is 16.3. The van der Waals surface area contributed by atoms with E-state index >= 15 is 0 Å². The third-order valence-electron chi connectivity index (χ3n) is 3.72. The molecule has 0 radical (unpaired) electrons. The number of nitrogens with zero attached hydrogens (tertiary/aromatic N) is 3. The molecule has 118 valence electrons. The second-order valence-corrected chi connectivity index (χ2v) is 5.39. The van der Waals surface area contributed by atoms with Gasteiger partial charge in [-0.25, -0.2) is 0 Å². The maximum atomic E-state index is 9.99. The van der Waals surface area contributed by atoms with Gasteiger partial charge in [0, 0.05) is 19.0 Å². The van der Waals surface area contributed by atoms with Gasteiger partial charge in [0.15, 0.2) is 0 Å². The quantitative estimate of drug-likeness (QED) is 0.704. The van der Waals surface area contributed by atoms with Gasteiger partial charge >= 0.3 is 6.01 Å². The molecular weight excluding hydrogens is 270 g/mol. The van der Waals surface area contributed by atoms with Crippen LogP contribution in [0.3, 0.4) is 0 Å². The van der Waals surface area contributed by atoms with Gasteiger partial charge in [0.2, 0.25) is 11.9 Å². The first kappa shape index (κ1) is 15.8. The minimum absolute atomic E-state index is 0.229. The topological polar surface area (TPSA) is 92.2 Å². The summed E-state index contributed by atoms with van der Waals surface area (Å²) in [6.45, 7) is 3.55. The number of ether oxygens (including phenoxy) is 1. The summed E-state index contributed by atoms with van der Waals surface area (Å²) in [6, 6.07) is 0.287. The number of rotatable bonds is 7. The zero-order valence-electron chi connectivity index (χ0n) is 12.8. The van der Waals surface area contributed by atoms with Crippen molar-refractivity contribution in [2.24, 2.45) is 5.92 Å². The Bertz CT molecular complexity index is 443. The second-order valence-electron chi connectivity index (χ2n) is 5.39. The first-order valence-corrected chi connectivity index (χ1v) is 7.68. The molecule has 0 saturated heterocycles. The summed E-state index contributed by atoms with van der Waals surface area (Å²) >= 11 is 0. The summed E-state index contributed by atoms with van der Waals surface area (Å²) in [7, 11) is 1.54. The van der Waals surface area contributed by atoms with Gasteiger partial charge in [-0.2, -0.15) is 15.0 Å². The molecule has 0 spiro atoms. The molecule has 7 nitrogen and oxygen atoms in total. The smallest absolute Gasteiger partial charge is 0.322 e. The average Bonchev–Trinajstić information content (AvgIpc) is 2.52. The molecule has 1 fully saturated rings. The Morgan fingerprint density at radius 1 is 1.14 bits per heavy atom. The lowest BCUT2D eigenvalue weighted by Gasteiger charge is -2.27. The molecule has 0 bridgehead atoms. The summed E-state index contributed by atoms with van der Waals surface area (Å²) in [6.07, 6.45) is 4.97. The van der Waals surface area contributed by atoms with E-state index in [9.17, 15) is 5.11 Å². The Morgan fingerprint density at radius 3 is 2.52 bits per heavy atom. The maximum Gasteiger partial charge on any atom is 0.322 e. The molecule has 2 rings (SSSR count). The summed E-state index contributed by atoms with van der Waals surface area (Å²) in [5.41, 5.74) is 0. The van der Waals surface area contributed by atoms with E-state index in [-0.39, 0.29) is 18.0 Å². The largest absolute Gasteiger partial charge is 0.467 e. The Morgan fingerprint density at radius 2 is 1.86 bits per heavy atom. The molecule has 0 aromatic carbocycles. The number of aromatic nitrogens is 3. The second kappa shape index (κ2) is 7.97. The van der Waals surface area contributed by atoms with Crippen molar-refractivity contribution in [1.29, 1.82) is 0 Å². The first-order valence-electron chi connectivity index (χ1n) is 7.68. The van der Waals surface area contributed by atoms with Gasteiger partial charge in [-0.15, -0.1) is 0 Å². The minimum atomic E-state index is -0.229. The number of aliphatic hydroxyl groups excluding tert-OH is 1. The zero-order chi connectivity index (χ0) is 15.1. The lowest BCUT2D eigenvalue weighted by atomic mass is 9.86. The van der Waals surface area contributed by atoms with Crippen LogP contribution in [0.2, 0.25) is 0 Å². The van der Waals surface area contributed by atoms with Gasteiger partial charge in [0.1, 0.15) is 0 Å². The maximum absolute atomic E-state index is 9.99. The van der Waals surface area contributed by atoms with E-state index in [2.05, 4.69) is 32.5 Å². The molecule has 1 aromatic rings. The van der Waals surface area contributed by atoms with Crippen LogP contribution in [0.1, 0.15) is 39.0 Å². The van der Waals surface area contributed by atoms with Gasteiger partial charge in [0.25, 0.3) is 0 Å². The van der Waals surface area contributed by atoms with E-state index in [1.54, 1.807) is 0 Å². The van der Waals surface area contributed by atoms with Crippen LogP contribution in [-0.4, -0.2) is 46.4 Å². The highest BCUT2D eigenvalue weighted by molar-refractivity contribution is 5.35. The number of nitrogens with one attached hydrogen (secondary N) is 2. The standard InChI is InChI=1S/C14H25N5O2/c1-3-8-15-12-17-13(19-14(18-12)21-2)16-9-10-6-4-5-7-11(10)20/h10-11,20H,3-9H2,1-2H3,(H2,15,16,17,18,19). The summed E-state index contributed by atoms with van der Waals surface area (Å²) in [5.74, 6) is 1.25. The van der Waals surface area contributed by atoms with Crippen molar-refractivity contribution < 1.29 is 9.84 Å². The van der Waals surface area contributed by atoms with E-state index in [0.717, 1.165) is 32.2 Å². The minimum Gasteiger partial charge on any atom is -0.467 e. The third-order valence-corrected chi connectivity index (χ3v) is 3.72. The van der Waals surface area contributed by atoms with Crippen molar-refractivity contribution in [2.75, 3.05) is 30.8 Å². The lowest BCUT2D eigenvalue weighted by molar-refractivity contribution is 0.0762. The molecule has 21 heavy (non-hydrogen) atoms. The average molecular weight is 295 g/mol. The van der Waals surface area contributed by atoms with Crippen molar-refractivity contribution in [3.8, 4) is 6.01 Å². The van der Waals surface area contributed by atoms with Gasteiger partial charge in [-0.05, 0) is 19.3 Å². The monoisotopic (exact) mass is 295 g/mol. The lowest BCUT2D eigenvalue weighted by Crippen LogP contribution is -2.30. The van der Waals surface area contributed by atoms with E-state index < -0.39 is 0 Å². The molecule has 7 heteroatoms. The molecular formula is C14H25N5O2. The molecule has 0 aliphatic heterocycles. The van der Waals surface area contributed by atoms with Crippen molar-refractivity contribution in [2.45, 2.75) is 45.1 Å². The van der Waals surface area contributed by atoms with Crippen LogP contribution in [0.4, 0.5) is 11.9 Å². The van der Waals surface area contributed by atoms with Gasteiger partial charge in [-0.3, -0.25) is 0 Å². The molecule has 3 N–H and O–H groups in total. The number of methoxy groups -OCH3 is 1. The number of hydrogen-bond acceptors (Lipinski definition) is 7. The molecule has 1 aliphatic carbocycles. The molecule has 2 atom stereocenters. The molecule has 1 heterocycles. The molecule has 1 aliphatic rings. The highest BCUT2D eigenvalue weighted by Gasteiger charge is 2.23. The zero-order valence-corrected chi connectivity index (χ0v) is 12.8. The fourth-order valence-electron chi connectivity index (χ4n) is 2.49. The van der Waals surface area contributed by atoms with Crippen LogP contribution in [0.25, 0.3) is 0 Å². The number of anilines is 2. The van der Waals surface area contributed by atoms with E-state index in [0.29, 0.717) is 18.4 Å². The predicted molar refractivity (Wildman–Crippen MR) is 81.6 cm³/mol. The van der Waals surface area contributed by atoms with Gasteiger partial charge < -0.3 is 20.5 Å². The highest BCUT2D eigenvalue weighted by atomic mass is 16.5. The van der Waals surface area contributed by atoms with Crippen molar-refractivity contribution in [3.63, 3.8) is 0 Å². The van der Waals surface area contributed by atoms with Crippen LogP contribution in [-0.2, 0) is 0 Å². The Labute approximate surface area is 125 Å². The predicted octanol–water partition coefficient (Wildman–Crippen LogP) is 1.67. The van der Waals surface area contributed by atoms with E-state index in [4.69, 9.17) is 4.74 Å². The summed E-state index contributed by atoms with van der Waals surface area (Å²) < 4.78 is 5.10. The molecule has 1 saturated carbocycles. The normalized spacial score (nSPS) is 21.9. The van der Waals surface area contributed by atoms with Crippen molar-refractivity contribution in [1.82, 2.24) is 15.0 Å². The number of aliphatic hydroxyl groups is 1. The van der Waals surface area contributed by atoms with Crippen molar-refractivity contribution in [3.05, 3.63) is 0 Å². The Kier molecular flexibility index (Phi) is 5.98. The summed E-state index contributed by atoms with van der Waals surface area (Å²) in [4.78, 5) is 12.7. The van der Waals surface area contributed by atoms with Crippen LogP contribution >= 0.6 is 0 Å². The van der Waals surface area contributed by atoms with Crippen LogP contribution in [0.15, 0.2) is 0 Å². The Balaban J connectivity index is 1.97. The van der Waals surface area contributed by atoms with Gasteiger partial charge in [-0.1, -0.05) is 19.8 Å². The van der Waals surface area contributed by atoms with E-state index in [1.807, 2.05) is 0 Å². The highest BCUT2D eigenvalue weighted by Crippen LogP contribution is 2.24. The SMILES string of the molecule is CCCNc1nc(NCC2CCCCC2O)nc(OC)n1. The first-order chi connectivity index (χ1) is 10.2. The third kappa shape index (κ3) is 4.70. The van der Waals surface area contributed by atoms with Crippen LogP contribution in [0, 0.1) is 5.92 Å². The van der Waals surface area contributed by atoms with Gasteiger partial charge in [0.05, 0.1) is 13.2 Å². The van der Waals surface area contributed by atoms with Crippen LogP contribution < -0.4 is 15.4 Å². The van der Waals surface area contributed by atoms with E-state index in [1.165, 1.54) is 13.5 Å². The Hall–Kier alpha value is -1.63. The fourth-order valence-corrected chi connectivity index (χ4v) is 2.49. The van der Waals surface area contributed by atoms with Crippen molar-refractivity contribution >= 4 is 11.9 Å². The molecule has 1 aromatic heterocycles. The van der Waals surface area contributed by atoms with Crippen LogP contribution in [0.5, 0.6) is 6.01 Å². The fraction of sp³-hybridized carbons (Fsp3) is 0.786.